The van der Waals surface area contributed by atoms with Gasteiger partial charge in [-0.1, -0.05) is 39.8 Å². The van der Waals surface area contributed by atoms with Crippen LogP contribution in [-0.2, 0) is 22.7 Å². The molecule has 1 N–H and O–H groups in total. The van der Waals surface area contributed by atoms with Gasteiger partial charge in [-0.25, -0.2) is 13.9 Å². The number of aromatic amines is 1. The van der Waals surface area contributed by atoms with Crippen molar-refractivity contribution in [2.45, 2.75) is 47.8 Å². The molecule has 0 aliphatic heterocycles. The molecule has 5 heteroatoms. The van der Waals surface area contributed by atoms with Gasteiger partial charge >= 0.3 is 5.97 Å². The number of carbonyl (C=O) groups excluding carboxylic acids is 1. The molecular formula is C17H26FN2O2+. The molecule has 0 saturated carbocycles. The summed E-state index contributed by atoms with van der Waals surface area (Å²) >= 11 is 0. The zero-order valence-corrected chi connectivity index (χ0v) is 14.0. The highest BCUT2D eigenvalue weighted by atomic mass is 19.1. The van der Waals surface area contributed by atoms with Crippen molar-refractivity contribution in [1.29, 1.82) is 0 Å². The molecule has 0 saturated heterocycles. The number of carbonyl (C=O) groups is 1. The molecule has 22 heavy (non-hydrogen) atoms. The van der Waals surface area contributed by atoms with Crippen molar-refractivity contribution < 1.29 is 18.5 Å². The van der Waals surface area contributed by atoms with Crippen LogP contribution in [0.2, 0.25) is 0 Å². The van der Waals surface area contributed by atoms with Gasteiger partial charge in [0.25, 0.3) is 0 Å². The summed E-state index contributed by atoms with van der Waals surface area (Å²) in [5.41, 5.74) is 1.68. The minimum absolute atomic E-state index is 0.203. The summed E-state index contributed by atoms with van der Waals surface area (Å²) in [7, 11) is 0. The molecule has 1 aromatic carbocycles. The topological polar surface area (TPSA) is 46.0 Å². The van der Waals surface area contributed by atoms with Crippen molar-refractivity contribution in [2.24, 2.45) is 0 Å². The van der Waals surface area contributed by atoms with E-state index in [2.05, 4.69) is 4.98 Å². The Balaban J connectivity index is 0.00000102. The largest absolute Gasteiger partial charge is 0.457 e. The number of halogens is 1. The van der Waals surface area contributed by atoms with Crippen molar-refractivity contribution in [3.63, 3.8) is 0 Å². The van der Waals surface area contributed by atoms with E-state index in [1.807, 2.05) is 38.3 Å². The first kappa shape index (κ1) is 19.8. The van der Waals surface area contributed by atoms with Crippen molar-refractivity contribution in [1.82, 2.24) is 4.98 Å². The number of imidazole rings is 1. The number of benzene rings is 1. The summed E-state index contributed by atoms with van der Waals surface area (Å²) in [6.45, 7) is 10.1. The Morgan fingerprint density at radius 1 is 1.27 bits per heavy atom. The normalized spacial score (nSPS) is 9.00. The molecule has 2 rings (SSSR count). The molecule has 0 radical (unpaired) electrons. The van der Waals surface area contributed by atoms with Crippen molar-refractivity contribution in [3.8, 4) is 0 Å². The number of H-pyrrole nitrogens is 1. The Labute approximate surface area is 131 Å². The van der Waals surface area contributed by atoms with Crippen molar-refractivity contribution in [3.05, 3.63) is 53.9 Å². The molecule has 4 nitrogen and oxygen atoms in total. The van der Waals surface area contributed by atoms with Gasteiger partial charge in [-0.05, 0) is 17.7 Å². The number of nitrogens with one attached hydrogen (secondary N) is 1. The fourth-order valence-electron chi connectivity index (χ4n) is 1.67. The molecule has 2 aromatic rings. The minimum Gasteiger partial charge on any atom is -0.457 e. The number of rotatable bonds is 4. The summed E-state index contributed by atoms with van der Waals surface area (Å²) in [5.74, 6) is -0.585. The van der Waals surface area contributed by atoms with E-state index in [0.29, 0.717) is 6.54 Å². The number of ether oxygens (including phenoxy) is 1. The number of hydrogen-bond acceptors (Lipinski definition) is 2. The molecule has 122 valence electrons. The number of aromatic nitrogens is 2. The van der Waals surface area contributed by atoms with E-state index in [4.69, 9.17) is 4.74 Å². The van der Waals surface area contributed by atoms with Crippen molar-refractivity contribution >= 4 is 5.97 Å². The number of hydrogen-bond donors (Lipinski definition) is 1. The Hall–Kier alpha value is -2.17. The third-order valence-corrected chi connectivity index (χ3v) is 2.51. The highest BCUT2D eigenvalue weighted by Gasteiger charge is 2.11. The molecular weight excluding hydrogens is 283 g/mol. The highest BCUT2D eigenvalue weighted by Crippen LogP contribution is 2.04. The number of nitrogens with zero attached hydrogens (tertiary/aromatic N) is 1. The smallest absolute Gasteiger partial charge is 0.303 e. The fourth-order valence-corrected chi connectivity index (χ4v) is 1.67. The first-order chi connectivity index (χ1) is 10.6. The summed E-state index contributed by atoms with van der Waals surface area (Å²) in [4.78, 5) is 13.7. The molecule has 0 unspecified atom stereocenters. The molecule has 1 heterocycles. The summed E-state index contributed by atoms with van der Waals surface area (Å²) in [6.07, 6.45) is 3.51. The Bertz CT molecular complexity index is 553. The van der Waals surface area contributed by atoms with Gasteiger partial charge in [-0.2, -0.15) is 0 Å². The van der Waals surface area contributed by atoms with Crippen LogP contribution in [0.5, 0.6) is 0 Å². The molecule has 0 aliphatic rings. The SMILES string of the molecule is CC.CC.CC(=O)OCc1c[nH]c[n+]1Cc1cccc(F)c1. The first-order valence-corrected chi connectivity index (χ1v) is 7.58. The zero-order chi connectivity index (χ0) is 17.0. The predicted molar refractivity (Wildman–Crippen MR) is 84.7 cm³/mol. The molecule has 1 aromatic heterocycles. The lowest BCUT2D eigenvalue weighted by Crippen LogP contribution is -2.36. The van der Waals surface area contributed by atoms with Gasteiger partial charge in [0, 0.05) is 6.92 Å². The van der Waals surface area contributed by atoms with E-state index >= 15 is 0 Å². The average molecular weight is 309 g/mol. The molecule has 0 bridgehead atoms. The molecule has 0 atom stereocenters. The third-order valence-electron chi connectivity index (χ3n) is 2.51. The van der Waals surface area contributed by atoms with Gasteiger partial charge < -0.3 is 4.74 Å². The van der Waals surface area contributed by atoms with Gasteiger partial charge in [0.1, 0.15) is 18.6 Å². The van der Waals surface area contributed by atoms with Gasteiger partial charge in [-0.3, -0.25) is 4.79 Å². The van der Waals surface area contributed by atoms with Crippen LogP contribution in [0.15, 0.2) is 36.8 Å². The fraction of sp³-hybridized carbons (Fsp3) is 0.412. The molecule has 0 amide bonds. The van der Waals surface area contributed by atoms with Crippen LogP contribution in [0.3, 0.4) is 0 Å². The van der Waals surface area contributed by atoms with E-state index in [0.717, 1.165) is 11.3 Å². The van der Waals surface area contributed by atoms with E-state index < -0.39 is 0 Å². The van der Waals surface area contributed by atoms with Crippen LogP contribution < -0.4 is 4.57 Å². The molecule has 0 fully saturated rings. The maximum atomic E-state index is 13.1. The Morgan fingerprint density at radius 2 is 1.95 bits per heavy atom. The standard InChI is InChI=1S/C13H13FN2O2.2C2H6/c1-10(17)18-8-13-6-15-9-16(13)7-11-3-2-4-12(14)5-11;2*1-2/h2-6,9H,7-8H2,1H3;2*1-2H3/p+1. The lowest BCUT2D eigenvalue weighted by atomic mass is 10.2. The van der Waals surface area contributed by atoms with E-state index in [-0.39, 0.29) is 18.4 Å². The van der Waals surface area contributed by atoms with Crippen LogP contribution >= 0.6 is 0 Å². The second-order valence-corrected chi connectivity index (χ2v) is 3.97. The van der Waals surface area contributed by atoms with Gasteiger partial charge in [-0.15, -0.1) is 0 Å². The monoisotopic (exact) mass is 309 g/mol. The van der Waals surface area contributed by atoms with E-state index in [1.54, 1.807) is 18.6 Å². The quantitative estimate of drug-likeness (QED) is 0.693. The van der Waals surface area contributed by atoms with Crippen LogP contribution in [0, 0.1) is 5.82 Å². The lowest BCUT2D eigenvalue weighted by molar-refractivity contribution is -0.695. The first-order valence-electron chi connectivity index (χ1n) is 7.58. The average Bonchev–Trinajstić information content (AvgIpc) is 2.96. The summed E-state index contributed by atoms with van der Waals surface area (Å²) < 4.78 is 19.9. The van der Waals surface area contributed by atoms with Crippen LogP contribution in [0.1, 0.15) is 45.9 Å². The zero-order valence-electron chi connectivity index (χ0n) is 14.0. The third kappa shape index (κ3) is 7.02. The lowest BCUT2D eigenvalue weighted by Gasteiger charge is -2.03. The van der Waals surface area contributed by atoms with Crippen molar-refractivity contribution in [2.75, 3.05) is 0 Å². The van der Waals surface area contributed by atoms with Gasteiger partial charge in [0.2, 0.25) is 6.33 Å². The number of esters is 1. The van der Waals surface area contributed by atoms with Crippen LogP contribution in [-0.4, -0.2) is 11.0 Å². The van der Waals surface area contributed by atoms with Crippen LogP contribution in [0.25, 0.3) is 0 Å². The maximum Gasteiger partial charge on any atom is 0.303 e. The maximum absolute atomic E-state index is 13.1. The van der Waals surface area contributed by atoms with E-state index in [1.165, 1.54) is 19.1 Å². The van der Waals surface area contributed by atoms with Gasteiger partial charge in [0.15, 0.2) is 12.3 Å². The summed E-state index contributed by atoms with van der Waals surface area (Å²) in [6, 6.07) is 6.41. The second kappa shape index (κ2) is 11.5. The molecule has 0 aliphatic carbocycles. The second-order valence-electron chi connectivity index (χ2n) is 3.97. The predicted octanol–water partition coefficient (Wildman–Crippen LogP) is 3.61. The minimum atomic E-state index is -0.325. The Morgan fingerprint density at radius 3 is 2.55 bits per heavy atom. The van der Waals surface area contributed by atoms with Gasteiger partial charge in [0.05, 0.1) is 0 Å². The Kier molecular flexibility index (Phi) is 10.4. The molecule has 0 spiro atoms. The highest BCUT2D eigenvalue weighted by molar-refractivity contribution is 5.65. The van der Waals surface area contributed by atoms with Crippen LogP contribution in [0.4, 0.5) is 4.39 Å². The van der Waals surface area contributed by atoms with E-state index in [9.17, 15) is 9.18 Å². The summed E-state index contributed by atoms with van der Waals surface area (Å²) in [5, 5.41) is 0.